The van der Waals surface area contributed by atoms with Crippen LogP contribution in [0.1, 0.15) is 11.1 Å². The van der Waals surface area contributed by atoms with E-state index in [0.717, 1.165) is 5.22 Å². The molecule has 142 valence electrons. The van der Waals surface area contributed by atoms with Gasteiger partial charge in [-0.25, -0.2) is 8.42 Å². The maximum atomic E-state index is 11.9. The molecule has 3 aromatic carbocycles. The summed E-state index contributed by atoms with van der Waals surface area (Å²) in [4.78, 5) is -0.283. The van der Waals surface area contributed by atoms with Gasteiger partial charge in [0.05, 0.1) is 12.0 Å². The van der Waals surface area contributed by atoms with Crippen LogP contribution in [0.4, 0.5) is 0 Å². The Balaban J connectivity index is 2.15. The van der Waals surface area contributed by atoms with E-state index in [1.54, 1.807) is 55.6 Å². The van der Waals surface area contributed by atoms with E-state index >= 15 is 0 Å². The molecule has 0 saturated carbocycles. The van der Waals surface area contributed by atoms with Crippen LogP contribution in [0.5, 0.6) is 17.2 Å². The van der Waals surface area contributed by atoms with Crippen LogP contribution in [0.2, 0.25) is 0 Å². The number of methoxy groups -OCH3 is 1. The van der Waals surface area contributed by atoms with Gasteiger partial charge in [-0.1, -0.05) is 24.3 Å². The molecule has 0 unspecified atom stereocenters. The van der Waals surface area contributed by atoms with Gasteiger partial charge in [0, 0.05) is 34.2 Å². The van der Waals surface area contributed by atoms with E-state index in [0.29, 0.717) is 39.2 Å². The zero-order valence-corrected chi connectivity index (χ0v) is 15.7. The van der Waals surface area contributed by atoms with Crippen LogP contribution in [0.15, 0.2) is 65.6 Å². The predicted octanol–water partition coefficient (Wildman–Crippen LogP) is 1.65. The minimum absolute atomic E-state index is 0.283. The first-order valence-corrected chi connectivity index (χ1v) is 9.81. The average Bonchev–Trinajstić information content (AvgIpc) is 2.70. The normalized spacial score (nSPS) is 13.5. The van der Waals surface area contributed by atoms with Crippen LogP contribution in [0.3, 0.4) is 0 Å². The highest BCUT2D eigenvalue weighted by molar-refractivity contribution is 7.85. The van der Waals surface area contributed by atoms with E-state index in [4.69, 9.17) is 15.2 Å². The molecule has 0 aliphatic carbocycles. The number of nitrogens with two attached hydrogens (primary N) is 1. The fraction of sp³-hybridized carbons (Fsp3) is 0.0476. The summed E-state index contributed by atoms with van der Waals surface area (Å²) in [5.74, 6) is 1.59. The average molecular weight is 394 g/mol. The molecular formula is C21H16NO5S-. The van der Waals surface area contributed by atoms with Crippen molar-refractivity contribution < 1.29 is 22.4 Å². The number of rotatable bonds is 3. The molecule has 0 atom stereocenters. The molecule has 0 spiro atoms. The zero-order chi connectivity index (χ0) is 19.9. The first-order valence-electron chi connectivity index (χ1n) is 8.40. The van der Waals surface area contributed by atoms with E-state index in [1.165, 1.54) is 18.3 Å². The Morgan fingerprint density at radius 3 is 2.50 bits per heavy atom. The molecule has 0 saturated heterocycles. The zero-order valence-electron chi connectivity index (χ0n) is 14.9. The Labute approximate surface area is 161 Å². The SMILES string of the molecule is COc1ccc2c(c1)Oc1c/c(=C/N)ccc1=C2c1ccccc1S(=O)(=O)[O-]. The molecular weight excluding hydrogens is 378 g/mol. The van der Waals surface area contributed by atoms with Crippen LogP contribution in [-0.2, 0) is 10.1 Å². The monoisotopic (exact) mass is 394 g/mol. The van der Waals surface area contributed by atoms with E-state index in [2.05, 4.69) is 0 Å². The highest BCUT2D eigenvalue weighted by atomic mass is 32.2. The Hall–Kier alpha value is -3.29. The van der Waals surface area contributed by atoms with Crippen molar-refractivity contribution in [2.24, 2.45) is 5.73 Å². The van der Waals surface area contributed by atoms with Gasteiger partial charge >= 0.3 is 0 Å². The van der Waals surface area contributed by atoms with Crippen molar-refractivity contribution in [2.75, 3.05) is 7.11 Å². The minimum atomic E-state index is -4.68. The van der Waals surface area contributed by atoms with E-state index < -0.39 is 10.1 Å². The van der Waals surface area contributed by atoms with Crippen molar-refractivity contribution in [2.45, 2.75) is 4.90 Å². The summed E-state index contributed by atoms with van der Waals surface area (Å²) in [5.41, 5.74) is 7.20. The molecule has 4 rings (SSSR count). The van der Waals surface area contributed by atoms with Crippen molar-refractivity contribution >= 4 is 21.9 Å². The van der Waals surface area contributed by atoms with Crippen LogP contribution in [-0.4, -0.2) is 20.1 Å². The molecule has 3 aromatic rings. The van der Waals surface area contributed by atoms with E-state index in [1.807, 2.05) is 0 Å². The van der Waals surface area contributed by atoms with Crippen molar-refractivity contribution in [1.82, 2.24) is 0 Å². The summed E-state index contributed by atoms with van der Waals surface area (Å²) in [6, 6.07) is 16.7. The molecule has 1 aliphatic heterocycles. The molecule has 0 fully saturated rings. The Bertz CT molecular complexity index is 1310. The summed E-state index contributed by atoms with van der Waals surface area (Å²) >= 11 is 0. The number of fused-ring (bicyclic) bond motifs is 2. The fourth-order valence-electron chi connectivity index (χ4n) is 3.30. The molecule has 0 aromatic heterocycles. The summed E-state index contributed by atoms with van der Waals surface area (Å²) in [6.07, 6.45) is 1.44. The van der Waals surface area contributed by atoms with Gasteiger partial charge in [-0.15, -0.1) is 0 Å². The van der Waals surface area contributed by atoms with Crippen LogP contribution in [0.25, 0.3) is 11.8 Å². The second kappa shape index (κ2) is 6.70. The number of ether oxygens (including phenoxy) is 2. The number of benzene rings is 3. The van der Waals surface area contributed by atoms with Gasteiger partial charge in [0.15, 0.2) is 0 Å². The Morgan fingerprint density at radius 1 is 1.00 bits per heavy atom. The molecule has 0 radical (unpaired) electrons. The molecule has 0 amide bonds. The second-order valence-electron chi connectivity index (χ2n) is 6.21. The van der Waals surface area contributed by atoms with Crippen LogP contribution < -0.4 is 25.6 Å². The van der Waals surface area contributed by atoms with Crippen LogP contribution in [0, 0.1) is 0 Å². The lowest BCUT2D eigenvalue weighted by atomic mass is 9.92. The first kappa shape index (κ1) is 18.1. The third-order valence-corrected chi connectivity index (χ3v) is 5.47. The first-order chi connectivity index (χ1) is 13.4. The van der Waals surface area contributed by atoms with E-state index in [-0.39, 0.29) is 4.90 Å². The predicted molar refractivity (Wildman–Crippen MR) is 103 cm³/mol. The lowest BCUT2D eigenvalue weighted by Crippen LogP contribution is -2.21. The third kappa shape index (κ3) is 3.00. The molecule has 7 heteroatoms. The molecule has 0 bridgehead atoms. The summed E-state index contributed by atoms with van der Waals surface area (Å²) in [5, 5.41) is 1.41. The number of hydrogen-bond acceptors (Lipinski definition) is 6. The fourth-order valence-corrected chi connectivity index (χ4v) is 3.98. The third-order valence-electron chi connectivity index (χ3n) is 4.57. The van der Waals surface area contributed by atoms with Crippen molar-refractivity contribution in [3.63, 3.8) is 0 Å². The van der Waals surface area contributed by atoms with Gasteiger partial charge in [-0.2, -0.15) is 0 Å². The minimum Gasteiger partial charge on any atom is -0.744 e. The molecule has 1 aliphatic rings. The molecule has 2 N–H and O–H groups in total. The Morgan fingerprint density at radius 2 is 1.79 bits per heavy atom. The topological polar surface area (TPSA) is 102 Å². The standard InChI is InChI=1S/C21H17NO5S/c1-26-14-7-9-16-19(11-14)27-18-10-13(12-22)6-8-15(18)21(16)17-4-2-3-5-20(17)28(23,24)25/h2-12H,22H2,1H3,(H,23,24,25)/p-1/b13-12+. The lowest BCUT2D eigenvalue weighted by Gasteiger charge is -2.23. The highest BCUT2D eigenvalue weighted by Crippen LogP contribution is 2.39. The quantitative estimate of drug-likeness (QED) is 0.530. The summed E-state index contributed by atoms with van der Waals surface area (Å²) in [6.45, 7) is 0. The van der Waals surface area contributed by atoms with Crippen molar-refractivity contribution in [1.29, 1.82) is 0 Å². The summed E-state index contributed by atoms with van der Waals surface area (Å²) < 4.78 is 46.9. The van der Waals surface area contributed by atoms with Gasteiger partial charge in [0.2, 0.25) is 0 Å². The molecule has 28 heavy (non-hydrogen) atoms. The summed E-state index contributed by atoms with van der Waals surface area (Å²) in [7, 11) is -3.13. The Kier molecular flexibility index (Phi) is 4.33. The van der Waals surface area contributed by atoms with Crippen LogP contribution >= 0.6 is 0 Å². The number of hydrogen-bond donors (Lipinski definition) is 1. The van der Waals surface area contributed by atoms with Gasteiger partial charge in [-0.3, -0.25) is 0 Å². The smallest absolute Gasteiger partial charge is 0.139 e. The highest BCUT2D eigenvalue weighted by Gasteiger charge is 2.23. The maximum Gasteiger partial charge on any atom is 0.139 e. The van der Waals surface area contributed by atoms with Crippen molar-refractivity contribution in [3.05, 3.63) is 82.2 Å². The van der Waals surface area contributed by atoms with Gasteiger partial charge in [-0.05, 0) is 35.6 Å². The van der Waals surface area contributed by atoms with Crippen molar-refractivity contribution in [3.8, 4) is 17.2 Å². The lowest BCUT2D eigenvalue weighted by molar-refractivity contribution is 0.408. The largest absolute Gasteiger partial charge is 0.744 e. The van der Waals surface area contributed by atoms with Gasteiger partial charge in [0.1, 0.15) is 27.4 Å². The van der Waals surface area contributed by atoms with E-state index in [9.17, 15) is 13.0 Å². The maximum absolute atomic E-state index is 11.9. The van der Waals surface area contributed by atoms with Gasteiger partial charge in [0.25, 0.3) is 0 Å². The molecule has 6 nitrogen and oxygen atoms in total. The second-order valence-corrected chi connectivity index (χ2v) is 7.56. The molecule has 1 heterocycles. The van der Waals surface area contributed by atoms with Gasteiger partial charge < -0.3 is 19.8 Å².